The van der Waals surface area contributed by atoms with E-state index in [1.165, 1.54) is 0 Å². The highest BCUT2D eigenvalue weighted by molar-refractivity contribution is 5.92. The lowest BCUT2D eigenvalue weighted by Crippen LogP contribution is -2.36. The first-order chi connectivity index (χ1) is 6.76. The number of hydrazine groups is 1. The highest BCUT2D eigenvalue weighted by Gasteiger charge is 1.96. The second kappa shape index (κ2) is 5.18. The Bertz CT molecular complexity index is 303. The summed E-state index contributed by atoms with van der Waals surface area (Å²) in [6, 6.07) is 3.84. The fourth-order valence-electron chi connectivity index (χ4n) is 0.958. The molecule has 0 atom stereocenters. The summed E-state index contributed by atoms with van der Waals surface area (Å²) in [4.78, 5) is 8.24. The molecular weight excluding hydrogens is 178 g/mol. The quantitative estimate of drug-likeness (QED) is 0.279. The van der Waals surface area contributed by atoms with Crippen molar-refractivity contribution in [3.63, 3.8) is 0 Å². The van der Waals surface area contributed by atoms with Gasteiger partial charge in [-0.3, -0.25) is 15.4 Å². The second-order valence-corrected chi connectivity index (χ2v) is 2.78. The molecule has 1 rings (SSSR count). The van der Waals surface area contributed by atoms with Gasteiger partial charge in [0, 0.05) is 12.2 Å². The molecule has 5 nitrogen and oxygen atoms in total. The summed E-state index contributed by atoms with van der Waals surface area (Å²) in [5, 5.41) is 3.01. The average Bonchev–Trinajstić information content (AvgIpc) is 2.20. The van der Waals surface area contributed by atoms with E-state index < -0.39 is 0 Å². The number of aliphatic imine (C=N–C) groups is 1. The second-order valence-electron chi connectivity index (χ2n) is 2.78. The van der Waals surface area contributed by atoms with Gasteiger partial charge < -0.3 is 5.32 Å². The molecule has 0 radical (unpaired) electrons. The number of anilines is 1. The van der Waals surface area contributed by atoms with Crippen molar-refractivity contribution in [2.45, 2.75) is 13.8 Å². The predicted octanol–water partition coefficient (Wildman–Crippen LogP) is 0.641. The number of aromatic nitrogens is 1. The topological polar surface area (TPSA) is 75.3 Å². The summed E-state index contributed by atoms with van der Waals surface area (Å²) in [7, 11) is 0. The average molecular weight is 193 g/mol. The van der Waals surface area contributed by atoms with Crippen LogP contribution in [0.25, 0.3) is 0 Å². The lowest BCUT2D eigenvalue weighted by molar-refractivity contribution is 0.985. The Morgan fingerprint density at radius 1 is 1.57 bits per heavy atom. The first kappa shape index (κ1) is 10.5. The third-order valence-electron chi connectivity index (χ3n) is 1.63. The number of hydrogen-bond acceptors (Lipinski definition) is 3. The molecule has 0 amide bonds. The van der Waals surface area contributed by atoms with E-state index in [2.05, 4.69) is 20.7 Å². The number of nitrogens with one attached hydrogen (secondary N) is 2. The molecule has 1 heterocycles. The highest BCUT2D eigenvalue weighted by atomic mass is 15.3. The van der Waals surface area contributed by atoms with Gasteiger partial charge in [-0.05, 0) is 26.0 Å². The van der Waals surface area contributed by atoms with Gasteiger partial charge in [0.15, 0.2) is 0 Å². The molecule has 0 unspecified atom stereocenters. The maximum atomic E-state index is 5.27. The van der Waals surface area contributed by atoms with Crippen molar-refractivity contribution in [3.8, 4) is 0 Å². The highest BCUT2D eigenvalue weighted by Crippen LogP contribution is 2.04. The Balaban J connectivity index is 2.67. The molecule has 0 spiro atoms. The largest absolute Gasteiger partial charge is 0.324 e. The van der Waals surface area contributed by atoms with Crippen LogP contribution in [0.5, 0.6) is 0 Å². The number of rotatable bonds is 2. The molecule has 0 aliphatic carbocycles. The molecular formula is C9H15N5. The molecule has 0 bridgehead atoms. The fraction of sp³-hybridized carbons (Fsp3) is 0.333. The monoisotopic (exact) mass is 193 g/mol. The van der Waals surface area contributed by atoms with E-state index in [0.717, 1.165) is 11.4 Å². The number of aryl methyl sites for hydroxylation is 1. The fourth-order valence-corrected chi connectivity index (χ4v) is 0.958. The van der Waals surface area contributed by atoms with Gasteiger partial charge in [0.25, 0.3) is 0 Å². The Hall–Kier alpha value is -1.62. The van der Waals surface area contributed by atoms with Gasteiger partial charge in [-0.15, -0.1) is 0 Å². The maximum Gasteiger partial charge on any atom is 0.210 e. The van der Waals surface area contributed by atoms with Gasteiger partial charge in [0.2, 0.25) is 5.96 Å². The van der Waals surface area contributed by atoms with Gasteiger partial charge in [0.1, 0.15) is 0 Å². The van der Waals surface area contributed by atoms with Crippen molar-refractivity contribution in [2.75, 3.05) is 11.9 Å². The number of guanidine groups is 1. The Labute approximate surface area is 83.4 Å². The third kappa shape index (κ3) is 3.02. The number of hydrogen-bond donors (Lipinski definition) is 3. The van der Waals surface area contributed by atoms with E-state index in [9.17, 15) is 0 Å². The first-order valence-corrected chi connectivity index (χ1v) is 4.47. The lowest BCUT2D eigenvalue weighted by Gasteiger charge is -2.07. The van der Waals surface area contributed by atoms with Gasteiger partial charge in [-0.2, -0.15) is 0 Å². The number of nitrogens with two attached hydrogens (primary N) is 1. The Kier molecular flexibility index (Phi) is 3.87. The van der Waals surface area contributed by atoms with Crippen molar-refractivity contribution in [1.29, 1.82) is 0 Å². The molecule has 1 aromatic heterocycles. The van der Waals surface area contributed by atoms with E-state index in [0.29, 0.717) is 12.5 Å². The molecule has 0 aliphatic heterocycles. The number of nitrogens with zero attached hydrogens (tertiary/aromatic N) is 2. The van der Waals surface area contributed by atoms with Gasteiger partial charge in [-0.25, -0.2) is 5.84 Å². The molecule has 14 heavy (non-hydrogen) atoms. The first-order valence-electron chi connectivity index (χ1n) is 4.47. The van der Waals surface area contributed by atoms with Crippen LogP contribution < -0.4 is 16.6 Å². The van der Waals surface area contributed by atoms with Crippen molar-refractivity contribution in [1.82, 2.24) is 10.4 Å². The maximum absolute atomic E-state index is 5.27. The summed E-state index contributed by atoms with van der Waals surface area (Å²) in [6.45, 7) is 4.55. The van der Waals surface area contributed by atoms with Crippen LogP contribution in [0.2, 0.25) is 0 Å². The van der Waals surface area contributed by atoms with E-state index >= 15 is 0 Å². The normalized spacial score (nSPS) is 11.2. The van der Waals surface area contributed by atoms with Gasteiger partial charge in [-0.1, -0.05) is 0 Å². The Morgan fingerprint density at radius 3 is 2.86 bits per heavy atom. The standard InChI is InChI=1S/C9H15N5/c1-3-11-9(14-10)13-8-5-4-7(2)12-6-8/h4-6H,3,10H2,1-2H3,(H2,11,13,14). The summed E-state index contributed by atoms with van der Waals surface area (Å²) >= 11 is 0. The van der Waals surface area contributed by atoms with Crippen molar-refractivity contribution >= 4 is 11.6 Å². The van der Waals surface area contributed by atoms with Gasteiger partial charge >= 0.3 is 0 Å². The smallest absolute Gasteiger partial charge is 0.210 e. The van der Waals surface area contributed by atoms with Crippen LogP contribution in [-0.2, 0) is 0 Å². The number of pyridine rings is 1. The molecule has 0 saturated heterocycles. The molecule has 0 fully saturated rings. The van der Waals surface area contributed by atoms with Crippen LogP contribution in [0, 0.1) is 6.92 Å². The Morgan fingerprint density at radius 2 is 2.36 bits per heavy atom. The molecule has 0 aliphatic rings. The third-order valence-corrected chi connectivity index (χ3v) is 1.63. The van der Waals surface area contributed by atoms with E-state index in [1.807, 2.05) is 26.0 Å². The predicted molar refractivity (Wildman–Crippen MR) is 57.9 cm³/mol. The van der Waals surface area contributed by atoms with Crippen LogP contribution in [0.15, 0.2) is 23.3 Å². The summed E-state index contributed by atoms with van der Waals surface area (Å²) in [5.41, 5.74) is 4.32. The van der Waals surface area contributed by atoms with E-state index in [1.54, 1.807) is 6.20 Å². The minimum absolute atomic E-state index is 0.540. The zero-order chi connectivity index (χ0) is 10.4. The minimum Gasteiger partial charge on any atom is -0.324 e. The molecule has 76 valence electrons. The molecule has 1 aromatic rings. The van der Waals surface area contributed by atoms with Crippen LogP contribution in [0.3, 0.4) is 0 Å². The van der Waals surface area contributed by atoms with E-state index in [-0.39, 0.29) is 0 Å². The van der Waals surface area contributed by atoms with Crippen LogP contribution in [-0.4, -0.2) is 17.5 Å². The zero-order valence-corrected chi connectivity index (χ0v) is 8.41. The summed E-state index contributed by atoms with van der Waals surface area (Å²) < 4.78 is 0. The SMILES string of the molecule is CCN=C(NN)Nc1ccc(C)nc1. The molecule has 5 heteroatoms. The van der Waals surface area contributed by atoms with Crippen molar-refractivity contribution in [3.05, 3.63) is 24.0 Å². The minimum atomic E-state index is 0.540. The molecule has 0 aromatic carbocycles. The van der Waals surface area contributed by atoms with Crippen LogP contribution in [0.4, 0.5) is 5.69 Å². The summed E-state index contributed by atoms with van der Waals surface area (Å²) in [6.07, 6.45) is 1.73. The van der Waals surface area contributed by atoms with Crippen LogP contribution >= 0.6 is 0 Å². The van der Waals surface area contributed by atoms with Crippen molar-refractivity contribution < 1.29 is 0 Å². The molecule has 0 saturated carbocycles. The summed E-state index contributed by atoms with van der Waals surface area (Å²) in [5.74, 6) is 5.81. The lowest BCUT2D eigenvalue weighted by atomic mass is 10.3. The van der Waals surface area contributed by atoms with E-state index in [4.69, 9.17) is 5.84 Å². The molecule has 4 N–H and O–H groups in total. The zero-order valence-electron chi connectivity index (χ0n) is 8.41. The van der Waals surface area contributed by atoms with Crippen molar-refractivity contribution in [2.24, 2.45) is 10.8 Å². The van der Waals surface area contributed by atoms with Crippen LogP contribution in [0.1, 0.15) is 12.6 Å². The van der Waals surface area contributed by atoms with Gasteiger partial charge in [0.05, 0.1) is 11.9 Å².